The Kier molecular flexibility index (Phi) is 5.83. The molecular weight excluding hydrogens is 194 g/mol. The van der Waals surface area contributed by atoms with E-state index in [1.807, 2.05) is 34.6 Å². The summed E-state index contributed by atoms with van der Waals surface area (Å²) in [6.45, 7) is 9.87. The van der Waals surface area contributed by atoms with Crippen LogP contribution >= 0.6 is 0 Å². The van der Waals surface area contributed by atoms with Crippen molar-refractivity contribution in [2.75, 3.05) is 13.8 Å². The van der Waals surface area contributed by atoms with Crippen molar-refractivity contribution in [2.24, 2.45) is 5.92 Å². The molecule has 4 heteroatoms. The molecule has 0 aromatic heterocycles. The smallest absolute Gasteiger partial charge is 0.323 e. The first-order valence-electron chi connectivity index (χ1n) is 5.23. The maximum absolute atomic E-state index is 11.8. The van der Waals surface area contributed by atoms with Gasteiger partial charge in [0.1, 0.15) is 11.6 Å². The minimum Gasteiger partial charge on any atom is -0.459 e. The van der Waals surface area contributed by atoms with Gasteiger partial charge in [-0.15, -0.1) is 0 Å². The highest BCUT2D eigenvalue weighted by Gasteiger charge is 2.26. The Hall–Kier alpha value is -0.610. The molecule has 0 aliphatic rings. The molecule has 0 aromatic carbocycles. The van der Waals surface area contributed by atoms with Crippen LogP contribution in [0.1, 0.15) is 34.6 Å². The maximum Gasteiger partial charge on any atom is 0.323 e. The van der Waals surface area contributed by atoms with Crippen molar-refractivity contribution in [3.05, 3.63) is 0 Å². The van der Waals surface area contributed by atoms with Crippen LogP contribution in [0.15, 0.2) is 0 Å². The van der Waals surface area contributed by atoms with Gasteiger partial charge in [-0.2, -0.15) is 0 Å². The lowest BCUT2D eigenvalue weighted by Crippen LogP contribution is -2.45. The fourth-order valence-electron chi connectivity index (χ4n) is 1.13. The van der Waals surface area contributed by atoms with Crippen molar-refractivity contribution < 1.29 is 14.3 Å². The number of methoxy groups -OCH3 is 1. The summed E-state index contributed by atoms with van der Waals surface area (Å²) in [6, 6.07) is -0.316. The Morgan fingerprint density at radius 3 is 2.20 bits per heavy atom. The topological polar surface area (TPSA) is 47.6 Å². The molecule has 1 atom stereocenters. The third kappa shape index (κ3) is 6.47. The summed E-state index contributed by atoms with van der Waals surface area (Å²) < 4.78 is 10.2. The van der Waals surface area contributed by atoms with Gasteiger partial charge < -0.3 is 9.47 Å². The summed E-state index contributed by atoms with van der Waals surface area (Å²) in [5.41, 5.74) is -0.445. The summed E-state index contributed by atoms with van der Waals surface area (Å²) in [5.74, 6) is -0.0513. The van der Waals surface area contributed by atoms with E-state index in [-0.39, 0.29) is 17.9 Å². The van der Waals surface area contributed by atoms with Gasteiger partial charge >= 0.3 is 5.97 Å². The molecule has 4 nitrogen and oxygen atoms in total. The number of esters is 1. The van der Waals surface area contributed by atoms with Gasteiger partial charge in [0.25, 0.3) is 0 Å². The second-order valence-electron chi connectivity index (χ2n) is 4.89. The Bertz CT molecular complexity index is 196. The molecule has 0 heterocycles. The number of ether oxygens (including phenoxy) is 2. The molecule has 0 radical (unpaired) electrons. The average Bonchev–Trinajstić information content (AvgIpc) is 2.00. The lowest BCUT2D eigenvalue weighted by atomic mass is 10.0. The molecule has 1 N–H and O–H groups in total. The van der Waals surface area contributed by atoms with Crippen molar-refractivity contribution >= 4 is 5.97 Å². The lowest BCUT2D eigenvalue weighted by Gasteiger charge is -2.26. The van der Waals surface area contributed by atoms with Gasteiger partial charge in [0.2, 0.25) is 0 Å². The Morgan fingerprint density at radius 2 is 1.87 bits per heavy atom. The van der Waals surface area contributed by atoms with E-state index in [1.54, 1.807) is 7.11 Å². The first kappa shape index (κ1) is 14.4. The quantitative estimate of drug-likeness (QED) is 0.560. The summed E-state index contributed by atoms with van der Waals surface area (Å²) in [6.07, 6.45) is 0. The normalized spacial score (nSPS) is 14.1. The SMILES string of the molecule is COCN[C@H](C(=O)OC(C)(C)C)C(C)C. The van der Waals surface area contributed by atoms with Crippen molar-refractivity contribution in [3.8, 4) is 0 Å². The fraction of sp³-hybridized carbons (Fsp3) is 0.909. The van der Waals surface area contributed by atoms with Crippen LogP contribution < -0.4 is 5.32 Å². The van der Waals surface area contributed by atoms with E-state index in [2.05, 4.69) is 5.32 Å². The van der Waals surface area contributed by atoms with Crippen LogP contribution in [0.4, 0.5) is 0 Å². The highest BCUT2D eigenvalue weighted by Crippen LogP contribution is 2.12. The molecule has 15 heavy (non-hydrogen) atoms. The number of carbonyl (C=O) groups excluding carboxylic acids is 1. The van der Waals surface area contributed by atoms with E-state index in [9.17, 15) is 4.79 Å². The second-order valence-corrected chi connectivity index (χ2v) is 4.89. The molecule has 0 aliphatic heterocycles. The Labute approximate surface area is 92.3 Å². The highest BCUT2D eigenvalue weighted by atomic mass is 16.6. The van der Waals surface area contributed by atoms with Crippen LogP contribution in [-0.4, -0.2) is 31.5 Å². The lowest BCUT2D eigenvalue weighted by molar-refractivity contribution is -0.159. The minimum absolute atomic E-state index is 0.176. The molecule has 0 fully saturated rings. The summed E-state index contributed by atoms with van der Waals surface area (Å²) in [5, 5.41) is 2.99. The van der Waals surface area contributed by atoms with Crippen molar-refractivity contribution in [1.29, 1.82) is 0 Å². The summed E-state index contributed by atoms with van der Waals surface area (Å²) in [7, 11) is 1.58. The largest absolute Gasteiger partial charge is 0.459 e. The monoisotopic (exact) mass is 217 g/mol. The van der Waals surface area contributed by atoms with Gasteiger partial charge in [0.05, 0.1) is 6.73 Å². The summed E-state index contributed by atoms with van der Waals surface area (Å²) >= 11 is 0. The summed E-state index contributed by atoms with van der Waals surface area (Å²) in [4.78, 5) is 11.8. The van der Waals surface area contributed by atoms with Crippen LogP contribution in [0.2, 0.25) is 0 Å². The number of carbonyl (C=O) groups is 1. The molecular formula is C11H23NO3. The predicted octanol–water partition coefficient (Wildman–Crippen LogP) is 1.55. The van der Waals surface area contributed by atoms with Gasteiger partial charge in [-0.3, -0.25) is 10.1 Å². The number of hydrogen-bond donors (Lipinski definition) is 1. The molecule has 0 rings (SSSR count). The van der Waals surface area contributed by atoms with E-state index < -0.39 is 5.60 Å². The zero-order chi connectivity index (χ0) is 12.1. The number of rotatable bonds is 5. The molecule has 0 saturated carbocycles. The maximum atomic E-state index is 11.8. The van der Waals surface area contributed by atoms with Gasteiger partial charge in [-0.25, -0.2) is 0 Å². The van der Waals surface area contributed by atoms with Crippen LogP contribution in [0, 0.1) is 5.92 Å². The third-order valence-electron chi connectivity index (χ3n) is 1.77. The molecule has 0 spiro atoms. The first-order valence-corrected chi connectivity index (χ1v) is 5.23. The Morgan fingerprint density at radius 1 is 1.33 bits per heavy atom. The second kappa shape index (κ2) is 6.08. The van der Waals surface area contributed by atoms with Gasteiger partial charge in [-0.05, 0) is 26.7 Å². The van der Waals surface area contributed by atoms with E-state index in [4.69, 9.17) is 9.47 Å². The molecule has 90 valence electrons. The Balaban J connectivity index is 4.29. The number of hydrogen-bond acceptors (Lipinski definition) is 4. The van der Waals surface area contributed by atoms with Crippen LogP contribution in [0.3, 0.4) is 0 Å². The highest BCUT2D eigenvalue weighted by molar-refractivity contribution is 5.76. The molecule has 0 aromatic rings. The standard InChI is InChI=1S/C11H23NO3/c1-8(2)9(12-7-14-6)10(13)15-11(3,4)5/h8-9,12H,7H2,1-6H3/t9-/m0/s1. The third-order valence-corrected chi connectivity index (χ3v) is 1.77. The first-order chi connectivity index (χ1) is 6.78. The van der Waals surface area contributed by atoms with Crippen molar-refractivity contribution in [2.45, 2.75) is 46.3 Å². The average molecular weight is 217 g/mol. The van der Waals surface area contributed by atoms with Crippen molar-refractivity contribution in [3.63, 3.8) is 0 Å². The van der Waals surface area contributed by atoms with Gasteiger partial charge in [0, 0.05) is 7.11 Å². The predicted molar refractivity (Wildman–Crippen MR) is 59.5 cm³/mol. The minimum atomic E-state index is -0.445. The van der Waals surface area contributed by atoms with Gasteiger partial charge in [-0.1, -0.05) is 13.8 Å². The molecule has 0 amide bonds. The number of nitrogens with one attached hydrogen (secondary N) is 1. The van der Waals surface area contributed by atoms with Crippen LogP contribution in [0.5, 0.6) is 0 Å². The van der Waals surface area contributed by atoms with Gasteiger partial charge in [0.15, 0.2) is 0 Å². The molecule has 0 unspecified atom stereocenters. The molecule has 0 aliphatic carbocycles. The van der Waals surface area contributed by atoms with E-state index in [0.717, 1.165) is 0 Å². The molecule has 0 saturated heterocycles. The van der Waals surface area contributed by atoms with Crippen molar-refractivity contribution in [1.82, 2.24) is 5.32 Å². The zero-order valence-corrected chi connectivity index (χ0v) is 10.6. The molecule has 0 bridgehead atoms. The zero-order valence-electron chi connectivity index (χ0n) is 10.6. The van der Waals surface area contributed by atoms with E-state index >= 15 is 0 Å². The fourth-order valence-corrected chi connectivity index (χ4v) is 1.13. The van der Waals surface area contributed by atoms with Crippen LogP contribution in [-0.2, 0) is 14.3 Å². The van der Waals surface area contributed by atoms with E-state index in [0.29, 0.717) is 6.73 Å². The van der Waals surface area contributed by atoms with E-state index in [1.165, 1.54) is 0 Å². The van der Waals surface area contributed by atoms with Crippen LogP contribution in [0.25, 0.3) is 0 Å².